The van der Waals surface area contributed by atoms with E-state index in [0.29, 0.717) is 12.8 Å². The predicted octanol–water partition coefficient (Wildman–Crippen LogP) is 1.67. The zero-order valence-corrected chi connectivity index (χ0v) is 15.5. The molecule has 0 aliphatic heterocycles. The monoisotopic (exact) mass is 390 g/mol. The summed E-state index contributed by atoms with van der Waals surface area (Å²) in [5, 5.41) is 11.6. The summed E-state index contributed by atoms with van der Waals surface area (Å²) in [5.74, 6) is -1.76. The van der Waals surface area contributed by atoms with E-state index in [4.69, 9.17) is 5.11 Å². The van der Waals surface area contributed by atoms with Crippen LogP contribution in [-0.2, 0) is 16.4 Å². The summed E-state index contributed by atoms with van der Waals surface area (Å²) >= 11 is 0. The number of carbonyl (C=O) groups excluding carboxylic acids is 1. The molecule has 0 saturated heterocycles. The second-order valence-corrected chi connectivity index (χ2v) is 7.84. The van der Waals surface area contributed by atoms with E-state index in [9.17, 15) is 18.0 Å². The molecule has 0 fully saturated rings. The molecule has 2 aromatic rings. The van der Waals surface area contributed by atoms with Gasteiger partial charge >= 0.3 is 5.97 Å². The van der Waals surface area contributed by atoms with Crippen LogP contribution < -0.4 is 10.0 Å². The molecule has 7 nitrogen and oxygen atoms in total. The highest BCUT2D eigenvalue weighted by Gasteiger charge is 2.15. The maximum absolute atomic E-state index is 12.1. The molecule has 3 N–H and O–H groups in total. The quantitative estimate of drug-likeness (QED) is 0.534. The van der Waals surface area contributed by atoms with Crippen LogP contribution in [0.25, 0.3) is 0 Å². The van der Waals surface area contributed by atoms with Crippen LogP contribution in [0, 0.1) is 0 Å². The summed E-state index contributed by atoms with van der Waals surface area (Å²) in [4.78, 5) is 23.2. The van der Waals surface area contributed by atoms with Crippen LogP contribution >= 0.6 is 0 Å². The number of carboxylic acids is 1. The van der Waals surface area contributed by atoms with Crippen LogP contribution in [0.5, 0.6) is 0 Å². The van der Waals surface area contributed by atoms with Gasteiger partial charge in [0, 0.05) is 13.1 Å². The Bertz CT molecular complexity index is 882. The fourth-order valence-corrected chi connectivity index (χ4v) is 3.61. The molecule has 144 valence electrons. The summed E-state index contributed by atoms with van der Waals surface area (Å²) in [6, 6.07) is 15.5. The third-order valence-electron chi connectivity index (χ3n) is 3.86. The van der Waals surface area contributed by atoms with Gasteiger partial charge in [-0.05, 0) is 30.5 Å². The van der Waals surface area contributed by atoms with Gasteiger partial charge in [-0.2, -0.15) is 0 Å². The van der Waals surface area contributed by atoms with Gasteiger partial charge in [-0.1, -0.05) is 42.5 Å². The van der Waals surface area contributed by atoms with Gasteiger partial charge in [-0.25, -0.2) is 17.9 Å². The zero-order valence-electron chi connectivity index (χ0n) is 14.7. The molecular formula is C19H22N2O5S. The molecule has 27 heavy (non-hydrogen) atoms. The molecule has 0 aromatic heterocycles. The van der Waals surface area contributed by atoms with E-state index in [1.165, 1.54) is 18.2 Å². The van der Waals surface area contributed by atoms with Gasteiger partial charge in [0.1, 0.15) is 0 Å². The molecule has 1 amide bonds. The van der Waals surface area contributed by atoms with Crippen molar-refractivity contribution in [3.05, 3.63) is 71.3 Å². The van der Waals surface area contributed by atoms with E-state index in [2.05, 4.69) is 10.0 Å². The highest BCUT2D eigenvalue weighted by atomic mass is 32.2. The normalized spacial score (nSPS) is 11.1. The number of nitrogens with one attached hydrogen (secondary N) is 2. The van der Waals surface area contributed by atoms with Gasteiger partial charge in [-0.3, -0.25) is 4.79 Å². The van der Waals surface area contributed by atoms with Crippen LogP contribution in [0.4, 0.5) is 0 Å². The molecule has 0 heterocycles. The second-order valence-electron chi connectivity index (χ2n) is 5.91. The Labute approximate surface area is 158 Å². The Hall–Kier alpha value is -2.71. The van der Waals surface area contributed by atoms with Crippen LogP contribution in [0.3, 0.4) is 0 Å². The number of aromatic carboxylic acids is 1. The molecule has 0 aliphatic rings. The summed E-state index contributed by atoms with van der Waals surface area (Å²) in [6.07, 6.45) is 1.17. The Morgan fingerprint density at radius 2 is 1.52 bits per heavy atom. The number of amides is 1. The van der Waals surface area contributed by atoms with Crippen molar-refractivity contribution in [2.75, 3.05) is 18.8 Å². The average Bonchev–Trinajstić information content (AvgIpc) is 2.65. The Morgan fingerprint density at radius 1 is 0.889 bits per heavy atom. The van der Waals surface area contributed by atoms with Gasteiger partial charge < -0.3 is 10.4 Å². The fourth-order valence-electron chi connectivity index (χ4n) is 2.53. The largest absolute Gasteiger partial charge is 0.478 e. The highest BCUT2D eigenvalue weighted by molar-refractivity contribution is 7.89. The minimum atomic E-state index is -3.43. The van der Waals surface area contributed by atoms with Gasteiger partial charge in [-0.15, -0.1) is 0 Å². The van der Waals surface area contributed by atoms with Crippen molar-refractivity contribution in [3.63, 3.8) is 0 Å². The lowest BCUT2D eigenvalue weighted by Gasteiger charge is -2.09. The van der Waals surface area contributed by atoms with Crippen molar-refractivity contribution in [1.29, 1.82) is 0 Å². The topological polar surface area (TPSA) is 113 Å². The van der Waals surface area contributed by atoms with Crippen molar-refractivity contribution in [2.45, 2.75) is 12.8 Å². The summed E-state index contributed by atoms with van der Waals surface area (Å²) in [7, 11) is -3.43. The number of hydrogen-bond donors (Lipinski definition) is 3. The van der Waals surface area contributed by atoms with Crippen LogP contribution in [0.2, 0.25) is 0 Å². The number of aryl methyl sites for hydroxylation is 1. The van der Waals surface area contributed by atoms with Crippen molar-refractivity contribution in [3.8, 4) is 0 Å². The molecule has 8 heteroatoms. The molecule has 2 aromatic carbocycles. The van der Waals surface area contributed by atoms with Crippen molar-refractivity contribution in [1.82, 2.24) is 10.0 Å². The standard InChI is InChI=1S/C19H22N2O5S/c22-18(16-10-4-5-11-17(16)19(23)24)20-12-13-21-27(25,26)14-6-9-15-7-2-1-3-8-15/h1-5,7-8,10-11,21H,6,9,12-14H2,(H,20,22)(H,23,24). The molecular weight excluding hydrogens is 368 g/mol. The first-order valence-electron chi connectivity index (χ1n) is 8.51. The number of hydrogen-bond acceptors (Lipinski definition) is 4. The molecule has 2 rings (SSSR count). The molecule has 0 atom stereocenters. The maximum atomic E-state index is 12.1. The number of carbonyl (C=O) groups is 2. The minimum absolute atomic E-state index is 0.00229. The highest BCUT2D eigenvalue weighted by Crippen LogP contribution is 2.08. The van der Waals surface area contributed by atoms with Gasteiger partial charge in [0.05, 0.1) is 16.9 Å². The molecule has 0 radical (unpaired) electrons. The van der Waals surface area contributed by atoms with Crippen molar-refractivity contribution in [2.24, 2.45) is 0 Å². The maximum Gasteiger partial charge on any atom is 0.336 e. The SMILES string of the molecule is O=C(O)c1ccccc1C(=O)NCCNS(=O)(=O)CCCc1ccccc1. The lowest BCUT2D eigenvalue weighted by atomic mass is 10.1. The lowest BCUT2D eigenvalue weighted by molar-refractivity contribution is 0.0691. The number of rotatable bonds is 10. The first-order valence-corrected chi connectivity index (χ1v) is 10.2. The fraction of sp³-hybridized carbons (Fsp3) is 0.263. The van der Waals surface area contributed by atoms with Crippen LogP contribution in [0.1, 0.15) is 32.7 Å². The van der Waals surface area contributed by atoms with E-state index >= 15 is 0 Å². The van der Waals surface area contributed by atoms with E-state index in [-0.39, 0.29) is 30.0 Å². The minimum Gasteiger partial charge on any atom is -0.478 e. The first kappa shape index (κ1) is 20.6. The van der Waals surface area contributed by atoms with Crippen molar-refractivity contribution >= 4 is 21.9 Å². The Morgan fingerprint density at radius 3 is 2.19 bits per heavy atom. The summed E-state index contributed by atoms with van der Waals surface area (Å²) in [5.41, 5.74) is 1.02. The summed E-state index contributed by atoms with van der Waals surface area (Å²) in [6.45, 7) is 0.0966. The van der Waals surface area contributed by atoms with E-state index in [0.717, 1.165) is 5.56 Å². The predicted molar refractivity (Wildman–Crippen MR) is 102 cm³/mol. The third kappa shape index (κ3) is 6.84. The second kappa shape index (κ2) is 9.84. The smallest absolute Gasteiger partial charge is 0.336 e. The van der Waals surface area contributed by atoms with E-state index < -0.39 is 21.9 Å². The number of benzene rings is 2. The first-order chi connectivity index (χ1) is 12.9. The van der Waals surface area contributed by atoms with Crippen molar-refractivity contribution < 1.29 is 23.1 Å². The number of sulfonamides is 1. The lowest BCUT2D eigenvalue weighted by Crippen LogP contribution is -2.36. The molecule has 0 saturated carbocycles. The van der Waals surface area contributed by atoms with Gasteiger partial charge in [0.25, 0.3) is 5.91 Å². The Balaban J connectivity index is 1.74. The van der Waals surface area contributed by atoms with Crippen LogP contribution in [0.15, 0.2) is 54.6 Å². The van der Waals surface area contributed by atoms with E-state index in [1.807, 2.05) is 30.3 Å². The van der Waals surface area contributed by atoms with E-state index in [1.54, 1.807) is 6.07 Å². The molecule has 0 spiro atoms. The summed E-state index contributed by atoms with van der Waals surface area (Å²) < 4.78 is 26.4. The Kier molecular flexibility index (Phi) is 7.51. The average molecular weight is 390 g/mol. The molecule has 0 unspecified atom stereocenters. The van der Waals surface area contributed by atoms with Gasteiger partial charge in [0.2, 0.25) is 10.0 Å². The molecule has 0 bridgehead atoms. The molecule has 0 aliphatic carbocycles. The zero-order chi connectivity index (χ0) is 19.7. The van der Waals surface area contributed by atoms with Gasteiger partial charge in [0.15, 0.2) is 0 Å². The van der Waals surface area contributed by atoms with Crippen LogP contribution in [-0.4, -0.2) is 44.2 Å². The third-order valence-corrected chi connectivity index (χ3v) is 5.33. The number of carboxylic acid groups (broad SMARTS) is 1.